The summed E-state index contributed by atoms with van der Waals surface area (Å²) in [5.74, 6) is 1.72. The van der Waals surface area contributed by atoms with Crippen molar-refractivity contribution in [2.75, 3.05) is 40.4 Å². The number of benzene rings is 1. The molecule has 6 heteroatoms. The Balaban J connectivity index is 1.58. The highest BCUT2D eigenvalue weighted by Crippen LogP contribution is 2.30. The number of rotatable bonds is 5. The van der Waals surface area contributed by atoms with Crippen LogP contribution >= 0.6 is 0 Å². The van der Waals surface area contributed by atoms with Crippen LogP contribution in [0.15, 0.2) is 30.4 Å². The predicted octanol–water partition coefficient (Wildman–Crippen LogP) is 1.95. The van der Waals surface area contributed by atoms with Crippen LogP contribution in [0.2, 0.25) is 0 Å². The number of hydrogen-bond donors (Lipinski definition) is 0. The van der Waals surface area contributed by atoms with Crippen LogP contribution in [0.3, 0.4) is 0 Å². The lowest BCUT2D eigenvalue weighted by Gasteiger charge is -2.34. The Morgan fingerprint density at radius 3 is 2.24 bits per heavy atom. The smallest absolute Gasteiger partial charge is 0.254 e. The van der Waals surface area contributed by atoms with Crippen molar-refractivity contribution in [3.63, 3.8) is 0 Å². The fourth-order valence-corrected chi connectivity index (χ4v) is 2.89. The van der Waals surface area contributed by atoms with Crippen molar-refractivity contribution in [1.29, 1.82) is 0 Å². The highest BCUT2D eigenvalue weighted by molar-refractivity contribution is 5.95. The maximum Gasteiger partial charge on any atom is 0.254 e. The van der Waals surface area contributed by atoms with Crippen molar-refractivity contribution in [1.82, 2.24) is 9.80 Å². The van der Waals surface area contributed by atoms with E-state index in [2.05, 4.69) is 0 Å². The van der Waals surface area contributed by atoms with Crippen LogP contribution in [0, 0.1) is 5.92 Å². The summed E-state index contributed by atoms with van der Waals surface area (Å²) >= 11 is 0. The average molecular weight is 344 g/mol. The van der Waals surface area contributed by atoms with Crippen LogP contribution in [0.1, 0.15) is 23.2 Å². The third-order valence-electron chi connectivity index (χ3n) is 4.64. The van der Waals surface area contributed by atoms with Crippen molar-refractivity contribution < 1.29 is 19.1 Å². The van der Waals surface area contributed by atoms with Crippen molar-refractivity contribution >= 4 is 11.8 Å². The molecule has 2 aliphatic rings. The van der Waals surface area contributed by atoms with E-state index in [0.29, 0.717) is 49.2 Å². The van der Waals surface area contributed by atoms with Crippen molar-refractivity contribution in [2.45, 2.75) is 12.8 Å². The zero-order valence-corrected chi connectivity index (χ0v) is 14.7. The normalized spacial score (nSPS) is 17.7. The molecule has 6 nitrogen and oxygen atoms in total. The van der Waals surface area contributed by atoms with Gasteiger partial charge in [-0.15, -0.1) is 0 Å². The molecule has 1 aliphatic carbocycles. The van der Waals surface area contributed by atoms with Crippen molar-refractivity contribution in [2.24, 2.45) is 5.92 Å². The summed E-state index contributed by atoms with van der Waals surface area (Å²) in [4.78, 5) is 28.4. The molecule has 2 fully saturated rings. The van der Waals surface area contributed by atoms with Crippen molar-refractivity contribution in [3.05, 3.63) is 35.9 Å². The van der Waals surface area contributed by atoms with Crippen LogP contribution in [0.5, 0.6) is 11.5 Å². The first kappa shape index (κ1) is 17.3. The third kappa shape index (κ3) is 4.13. The third-order valence-corrected chi connectivity index (χ3v) is 4.64. The van der Waals surface area contributed by atoms with Gasteiger partial charge in [0.25, 0.3) is 5.91 Å². The highest BCUT2D eigenvalue weighted by atomic mass is 16.5. The van der Waals surface area contributed by atoms with Crippen LogP contribution < -0.4 is 9.47 Å². The number of piperazine rings is 1. The molecule has 1 aromatic rings. The van der Waals surface area contributed by atoms with Crippen LogP contribution in [0.4, 0.5) is 0 Å². The molecule has 0 aromatic heterocycles. The van der Waals surface area contributed by atoms with Gasteiger partial charge in [-0.25, -0.2) is 0 Å². The summed E-state index contributed by atoms with van der Waals surface area (Å²) in [6, 6.07) is 5.16. The second-order valence-corrected chi connectivity index (χ2v) is 6.38. The molecule has 1 aromatic carbocycles. The molecule has 1 saturated heterocycles. The fraction of sp³-hybridized carbons (Fsp3) is 0.474. The maximum absolute atomic E-state index is 12.7. The Morgan fingerprint density at radius 2 is 1.64 bits per heavy atom. The van der Waals surface area contributed by atoms with Gasteiger partial charge in [0, 0.05) is 31.7 Å². The average Bonchev–Trinajstić information content (AvgIpc) is 3.49. The Bertz CT molecular complexity index is 674. The number of allylic oxidation sites excluding steroid dienone is 1. The minimum atomic E-state index is -0.0541. The van der Waals surface area contributed by atoms with Crippen LogP contribution in [-0.2, 0) is 4.79 Å². The van der Waals surface area contributed by atoms with E-state index < -0.39 is 0 Å². The van der Waals surface area contributed by atoms with Gasteiger partial charge in [-0.05, 0) is 43.0 Å². The Labute approximate surface area is 148 Å². The zero-order valence-electron chi connectivity index (χ0n) is 14.7. The topological polar surface area (TPSA) is 59.1 Å². The summed E-state index contributed by atoms with van der Waals surface area (Å²) in [5, 5.41) is 0. The number of hydrogen-bond acceptors (Lipinski definition) is 4. The molecule has 0 unspecified atom stereocenters. The summed E-state index contributed by atoms with van der Waals surface area (Å²) < 4.78 is 10.5. The highest BCUT2D eigenvalue weighted by Gasteiger charge is 2.25. The van der Waals surface area contributed by atoms with E-state index in [-0.39, 0.29) is 11.8 Å². The number of methoxy groups -OCH3 is 2. The Morgan fingerprint density at radius 1 is 1.00 bits per heavy atom. The molecule has 0 radical (unpaired) electrons. The minimum Gasteiger partial charge on any atom is -0.493 e. The lowest BCUT2D eigenvalue weighted by atomic mass is 10.1. The van der Waals surface area contributed by atoms with Gasteiger partial charge in [-0.1, -0.05) is 6.08 Å². The molecule has 1 heterocycles. The van der Waals surface area contributed by atoms with Gasteiger partial charge in [0.2, 0.25) is 5.91 Å². The summed E-state index contributed by atoms with van der Waals surface area (Å²) in [6.45, 7) is 2.20. The van der Waals surface area contributed by atoms with E-state index in [9.17, 15) is 9.59 Å². The molecule has 0 N–H and O–H groups in total. The monoisotopic (exact) mass is 344 g/mol. The van der Waals surface area contributed by atoms with Gasteiger partial charge >= 0.3 is 0 Å². The van der Waals surface area contributed by atoms with Gasteiger partial charge in [-0.2, -0.15) is 0 Å². The summed E-state index contributed by atoms with van der Waals surface area (Å²) in [7, 11) is 3.11. The number of amides is 2. The number of ether oxygens (including phenoxy) is 2. The molecule has 2 amide bonds. The molecular formula is C19H24N2O4. The Hall–Kier alpha value is -2.50. The second kappa shape index (κ2) is 7.59. The largest absolute Gasteiger partial charge is 0.493 e. The lowest BCUT2D eigenvalue weighted by molar-refractivity contribution is -0.127. The summed E-state index contributed by atoms with van der Waals surface area (Å²) in [5.41, 5.74) is 0.561. The molecule has 134 valence electrons. The summed E-state index contributed by atoms with van der Waals surface area (Å²) in [6.07, 6.45) is 6.07. The van der Waals surface area contributed by atoms with E-state index in [0.717, 1.165) is 0 Å². The number of nitrogens with zero attached hydrogens (tertiary/aromatic N) is 2. The number of carbonyl (C=O) groups excluding carboxylic acids is 2. The van der Waals surface area contributed by atoms with Gasteiger partial charge in [-0.3, -0.25) is 9.59 Å². The van der Waals surface area contributed by atoms with Crippen molar-refractivity contribution in [3.8, 4) is 11.5 Å². The van der Waals surface area contributed by atoms with Gasteiger partial charge in [0.1, 0.15) is 0 Å². The zero-order chi connectivity index (χ0) is 17.8. The Kier molecular flexibility index (Phi) is 5.26. The molecule has 3 rings (SSSR count). The minimum absolute atomic E-state index is 0.0464. The first-order chi connectivity index (χ1) is 12.1. The standard InChI is InChI=1S/C19H24N2O4/c1-24-16-7-6-15(13-17(16)25-2)19(23)21-11-9-20(10-12-21)18(22)8-5-14-3-4-14/h5-8,13-14H,3-4,9-12H2,1-2H3/b8-5+. The quantitative estimate of drug-likeness (QED) is 0.766. The van der Waals surface area contributed by atoms with E-state index in [4.69, 9.17) is 9.47 Å². The molecule has 0 bridgehead atoms. The van der Waals surface area contributed by atoms with E-state index >= 15 is 0 Å². The van der Waals surface area contributed by atoms with Crippen LogP contribution in [0.25, 0.3) is 0 Å². The van der Waals surface area contributed by atoms with Gasteiger partial charge in [0.15, 0.2) is 11.5 Å². The molecule has 0 spiro atoms. The lowest BCUT2D eigenvalue weighted by Crippen LogP contribution is -2.50. The van der Waals surface area contributed by atoms with Gasteiger partial charge in [0.05, 0.1) is 14.2 Å². The maximum atomic E-state index is 12.7. The van der Waals surface area contributed by atoms with E-state index in [1.807, 2.05) is 6.08 Å². The molecular weight excluding hydrogens is 320 g/mol. The molecule has 25 heavy (non-hydrogen) atoms. The predicted molar refractivity (Wildman–Crippen MR) is 93.9 cm³/mol. The van der Waals surface area contributed by atoms with Gasteiger partial charge < -0.3 is 19.3 Å². The van der Waals surface area contributed by atoms with E-state index in [1.165, 1.54) is 12.8 Å². The fourth-order valence-electron chi connectivity index (χ4n) is 2.89. The molecule has 0 atom stereocenters. The first-order valence-corrected chi connectivity index (χ1v) is 8.60. The van der Waals surface area contributed by atoms with Crippen LogP contribution in [-0.4, -0.2) is 62.0 Å². The molecule has 1 aliphatic heterocycles. The van der Waals surface area contributed by atoms with E-state index in [1.54, 1.807) is 48.3 Å². The number of carbonyl (C=O) groups is 2. The molecule has 1 saturated carbocycles. The second-order valence-electron chi connectivity index (χ2n) is 6.38. The first-order valence-electron chi connectivity index (χ1n) is 8.60. The SMILES string of the molecule is COc1ccc(C(=O)N2CCN(C(=O)/C=C/C3CC3)CC2)cc1OC.